The number of aromatic nitrogens is 2. The molecule has 0 bridgehead atoms. The van der Waals surface area contributed by atoms with E-state index in [4.69, 9.17) is 4.74 Å². The molecule has 0 aliphatic rings. The topological polar surface area (TPSA) is 44.1 Å². The van der Waals surface area contributed by atoms with Gasteiger partial charge in [0.1, 0.15) is 11.1 Å². The van der Waals surface area contributed by atoms with Crippen LogP contribution in [0.15, 0.2) is 53.6 Å². The Balaban J connectivity index is 1.95. The lowest BCUT2D eigenvalue weighted by atomic mass is 10.1. The Morgan fingerprint density at radius 3 is 2.77 bits per heavy atom. The summed E-state index contributed by atoms with van der Waals surface area (Å²) in [5.41, 5.74) is 3.04. The van der Waals surface area contributed by atoms with Gasteiger partial charge in [0, 0.05) is 6.54 Å². The van der Waals surface area contributed by atoms with Gasteiger partial charge in [-0.3, -0.25) is 9.36 Å². The molecule has 3 rings (SSSR count). The number of fused-ring (bicyclic) bond motifs is 1. The maximum Gasteiger partial charge on any atom is 0.264 e. The van der Waals surface area contributed by atoms with E-state index >= 15 is 0 Å². The van der Waals surface area contributed by atoms with Crippen LogP contribution in [0.2, 0.25) is 0 Å². The molecule has 4 heteroatoms. The van der Waals surface area contributed by atoms with Crippen LogP contribution >= 0.6 is 0 Å². The fourth-order valence-corrected chi connectivity index (χ4v) is 2.62. The van der Waals surface area contributed by atoms with E-state index < -0.39 is 0 Å². The highest BCUT2D eigenvalue weighted by molar-refractivity contribution is 5.83. The molecule has 0 radical (unpaired) electrons. The van der Waals surface area contributed by atoms with Crippen molar-refractivity contribution in [2.75, 3.05) is 7.11 Å². The molecule has 0 aliphatic carbocycles. The molecule has 112 valence electrons. The van der Waals surface area contributed by atoms with Gasteiger partial charge < -0.3 is 4.74 Å². The number of aryl methyl sites for hydroxylation is 3. The van der Waals surface area contributed by atoms with Crippen molar-refractivity contribution < 1.29 is 4.74 Å². The number of methoxy groups -OCH3 is 1. The van der Waals surface area contributed by atoms with Crippen molar-refractivity contribution in [2.45, 2.75) is 19.9 Å². The van der Waals surface area contributed by atoms with Crippen LogP contribution < -0.4 is 10.3 Å². The lowest BCUT2D eigenvalue weighted by Gasteiger charge is -2.09. The quantitative estimate of drug-likeness (QED) is 0.743. The normalized spacial score (nSPS) is 10.8. The third-order valence-electron chi connectivity index (χ3n) is 3.76. The van der Waals surface area contributed by atoms with E-state index in [1.807, 2.05) is 18.2 Å². The van der Waals surface area contributed by atoms with Crippen LogP contribution in [0.3, 0.4) is 0 Å². The molecule has 0 amide bonds. The lowest BCUT2D eigenvalue weighted by molar-refractivity contribution is 0.419. The Labute approximate surface area is 129 Å². The van der Waals surface area contributed by atoms with Crippen molar-refractivity contribution in [1.82, 2.24) is 9.55 Å². The first kappa shape index (κ1) is 14.3. The summed E-state index contributed by atoms with van der Waals surface area (Å²) in [6.45, 7) is 2.67. The van der Waals surface area contributed by atoms with Crippen molar-refractivity contribution >= 4 is 10.9 Å². The van der Waals surface area contributed by atoms with Crippen LogP contribution in [-0.2, 0) is 13.0 Å². The number of ether oxygens (including phenoxy) is 1. The maximum absolute atomic E-state index is 12.6. The zero-order valence-corrected chi connectivity index (χ0v) is 12.7. The van der Waals surface area contributed by atoms with Crippen LogP contribution in [0.4, 0.5) is 0 Å². The first-order valence-corrected chi connectivity index (χ1v) is 7.27. The van der Waals surface area contributed by atoms with E-state index in [9.17, 15) is 4.79 Å². The summed E-state index contributed by atoms with van der Waals surface area (Å²) in [5.74, 6) is 0.569. The SMILES string of the molecule is COc1cccc2ncn(CCc3cccc(C)c3)c(=O)c12. The second kappa shape index (κ2) is 6.02. The van der Waals surface area contributed by atoms with E-state index in [0.29, 0.717) is 23.2 Å². The van der Waals surface area contributed by atoms with E-state index in [-0.39, 0.29) is 5.56 Å². The zero-order valence-electron chi connectivity index (χ0n) is 12.7. The summed E-state index contributed by atoms with van der Waals surface area (Å²) >= 11 is 0. The predicted octanol–water partition coefficient (Wildman–Crippen LogP) is 2.96. The highest BCUT2D eigenvalue weighted by atomic mass is 16.5. The number of rotatable bonds is 4. The van der Waals surface area contributed by atoms with Crippen LogP contribution in [0.25, 0.3) is 10.9 Å². The van der Waals surface area contributed by atoms with Gasteiger partial charge in [0.05, 0.1) is 19.0 Å². The largest absolute Gasteiger partial charge is 0.496 e. The summed E-state index contributed by atoms with van der Waals surface area (Å²) in [5, 5.41) is 0.539. The Bertz CT molecular complexity index is 868. The van der Waals surface area contributed by atoms with Crippen molar-refractivity contribution in [3.8, 4) is 5.75 Å². The second-order valence-electron chi connectivity index (χ2n) is 5.34. The minimum Gasteiger partial charge on any atom is -0.496 e. The number of benzene rings is 2. The van der Waals surface area contributed by atoms with Gasteiger partial charge in [-0.05, 0) is 31.0 Å². The standard InChI is InChI=1S/C18H18N2O2/c1-13-5-3-6-14(11-13)9-10-20-12-19-15-7-4-8-16(22-2)17(15)18(20)21/h3-8,11-12H,9-10H2,1-2H3. The Kier molecular flexibility index (Phi) is 3.92. The van der Waals surface area contributed by atoms with Gasteiger partial charge in [-0.25, -0.2) is 4.98 Å². The molecular formula is C18H18N2O2. The average molecular weight is 294 g/mol. The fraction of sp³-hybridized carbons (Fsp3) is 0.222. The van der Waals surface area contributed by atoms with Gasteiger partial charge in [0.2, 0.25) is 0 Å². The van der Waals surface area contributed by atoms with E-state index in [0.717, 1.165) is 6.42 Å². The van der Waals surface area contributed by atoms with Gasteiger partial charge >= 0.3 is 0 Å². The van der Waals surface area contributed by atoms with Gasteiger partial charge in [-0.15, -0.1) is 0 Å². The van der Waals surface area contributed by atoms with Gasteiger partial charge in [-0.2, -0.15) is 0 Å². The third-order valence-corrected chi connectivity index (χ3v) is 3.76. The molecule has 0 saturated carbocycles. The average Bonchev–Trinajstić information content (AvgIpc) is 2.54. The molecule has 0 spiro atoms. The van der Waals surface area contributed by atoms with E-state index in [1.165, 1.54) is 11.1 Å². The van der Waals surface area contributed by atoms with Crippen LogP contribution in [-0.4, -0.2) is 16.7 Å². The molecule has 2 aromatic carbocycles. The summed E-state index contributed by atoms with van der Waals surface area (Å²) in [4.78, 5) is 17.0. The number of hydrogen-bond donors (Lipinski definition) is 0. The summed E-state index contributed by atoms with van der Waals surface area (Å²) in [6.07, 6.45) is 2.41. The first-order chi connectivity index (χ1) is 10.7. The van der Waals surface area contributed by atoms with E-state index in [1.54, 1.807) is 24.1 Å². The fourth-order valence-electron chi connectivity index (χ4n) is 2.62. The van der Waals surface area contributed by atoms with Crippen molar-refractivity contribution in [3.63, 3.8) is 0 Å². The van der Waals surface area contributed by atoms with Gasteiger partial charge in [0.25, 0.3) is 5.56 Å². The van der Waals surface area contributed by atoms with Gasteiger partial charge in [0.15, 0.2) is 0 Å². The molecule has 0 atom stereocenters. The smallest absolute Gasteiger partial charge is 0.264 e. The van der Waals surface area contributed by atoms with Crippen molar-refractivity contribution in [3.05, 3.63) is 70.3 Å². The molecule has 0 fully saturated rings. The Morgan fingerprint density at radius 1 is 1.18 bits per heavy atom. The number of nitrogens with zero attached hydrogens (tertiary/aromatic N) is 2. The first-order valence-electron chi connectivity index (χ1n) is 7.27. The highest BCUT2D eigenvalue weighted by Gasteiger charge is 2.09. The molecular weight excluding hydrogens is 276 g/mol. The van der Waals surface area contributed by atoms with Gasteiger partial charge in [-0.1, -0.05) is 35.9 Å². The van der Waals surface area contributed by atoms with E-state index in [2.05, 4.69) is 30.1 Å². The van der Waals surface area contributed by atoms with Crippen LogP contribution in [0, 0.1) is 6.92 Å². The Morgan fingerprint density at radius 2 is 2.00 bits per heavy atom. The lowest BCUT2D eigenvalue weighted by Crippen LogP contribution is -2.22. The summed E-state index contributed by atoms with van der Waals surface area (Å²) in [7, 11) is 1.57. The molecule has 0 saturated heterocycles. The van der Waals surface area contributed by atoms with Crippen LogP contribution in [0.5, 0.6) is 5.75 Å². The third kappa shape index (κ3) is 2.72. The molecule has 4 nitrogen and oxygen atoms in total. The summed E-state index contributed by atoms with van der Waals surface area (Å²) in [6, 6.07) is 13.8. The molecule has 0 aliphatic heterocycles. The molecule has 3 aromatic rings. The van der Waals surface area contributed by atoms with Crippen molar-refractivity contribution in [2.24, 2.45) is 0 Å². The second-order valence-corrected chi connectivity index (χ2v) is 5.34. The molecule has 1 heterocycles. The molecule has 0 N–H and O–H groups in total. The monoisotopic (exact) mass is 294 g/mol. The molecule has 22 heavy (non-hydrogen) atoms. The zero-order chi connectivity index (χ0) is 15.5. The Hall–Kier alpha value is -2.62. The minimum absolute atomic E-state index is 0.0601. The molecule has 1 aromatic heterocycles. The maximum atomic E-state index is 12.6. The van der Waals surface area contributed by atoms with Crippen molar-refractivity contribution in [1.29, 1.82) is 0 Å². The number of hydrogen-bond acceptors (Lipinski definition) is 3. The minimum atomic E-state index is -0.0601. The van der Waals surface area contributed by atoms with Crippen LogP contribution in [0.1, 0.15) is 11.1 Å². The highest BCUT2D eigenvalue weighted by Crippen LogP contribution is 2.19. The molecule has 0 unspecified atom stereocenters. The summed E-state index contributed by atoms with van der Waals surface area (Å²) < 4.78 is 6.93. The predicted molar refractivity (Wildman–Crippen MR) is 87.4 cm³/mol.